The second kappa shape index (κ2) is 10.6. The molecule has 2 N–H and O–H groups in total. The molecule has 1 saturated heterocycles. The highest BCUT2D eigenvalue weighted by Crippen LogP contribution is 2.28. The van der Waals surface area contributed by atoms with Gasteiger partial charge in [0.2, 0.25) is 5.91 Å². The van der Waals surface area contributed by atoms with Crippen molar-refractivity contribution in [3.05, 3.63) is 59.7 Å². The predicted octanol–water partition coefficient (Wildman–Crippen LogP) is 3.19. The Morgan fingerprint density at radius 2 is 1.73 bits per heavy atom. The zero-order valence-corrected chi connectivity index (χ0v) is 18.2. The average molecular weight is 465 g/mol. The van der Waals surface area contributed by atoms with E-state index in [9.17, 15) is 22.8 Å². The van der Waals surface area contributed by atoms with Gasteiger partial charge in [0, 0.05) is 44.1 Å². The summed E-state index contributed by atoms with van der Waals surface area (Å²) in [5.74, 6) is -0.541. The van der Waals surface area contributed by atoms with Gasteiger partial charge >= 0.3 is 6.36 Å². The van der Waals surface area contributed by atoms with Crippen molar-refractivity contribution in [2.24, 2.45) is 5.73 Å². The summed E-state index contributed by atoms with van der Waals surface area (Å²) in [6.07, 6.45) is -3.85. The molecule has 1 heterocycles. The Balaban J connectivity index is 1.50. The summed E-state index contributed by atoms with van der Waals surface area (Å²) in [6.45, 7) is 1.64. The largest absolute Gasteiger partial charge is 0.573 e. The number of benzene rings is 2. The molecule has 0 radical (unpaired) electrons. The van der Waals surface area contributed by atoms with Crippen LogP contribution in [-0.2, 0) is 11.3 Å². The van der Waals surface area contributed by atoms with Gasteiger partial charge in [-0.25, -0.2) is 0 Å². The molecular weight excluding hydrogens is 439 g/mol. The maximum absolute atomic E-state index is 12.8. The molecule has 1 aliphatic heterocycles. The van der Waals surface area contributed by atoms with Crippen molar-refractivity contribution >= 4 is 11.8 Å². The minimum atomic E-state index is -4.76. The number of alkyl halides is 3. The Morgan fingerprint density at radius 3 is 2.33 bits per heavy atom. The zero-order valence-electron chi connectivity index (χ0n) is 18.2. The fraction of sp³-hybridized carbons (Fsp3) is 0.391. The van der Waals surface area contributed by atoms with E-state index in [1.165, 1.54) is 18.2 Å². The number of likely N-dealkylation sites (N-methyl/N-ethyl adjacent to an activating group) is 1. The van der Waals surface area contributed by atoms with Crippen molar-refractivity contribution in [2.45, 2.75) is 31.9 Å². The molecule has 178 valence electrons. The highest BCUT2D eigenvalue weighted by molar-refractivity contribution is 5.94. The lowest BCUT2D eigenvalue weighted by Gasteiger charge is -2.32. The van der Waals surface area contributed by atoms with Gasteiger partial charge < -0.3 is 20.1 Å². The summed E-state index contributed by atoms with van der Waals surface area (Å²) in [5, 5.41) is 0. The lowest BCUT2D eigenvalue weighted by atomic mass is 10.1. The molecule has 2 amide bonds. The molecule has 0 atom stereocenters. The Morgan fingerprint density at radius 1 is 1.09 bits per heavy atom. The number of piperidine rings is 1. The highest BCUT2D eigenvalue weighted by Gasteiger charge is 2.31. The van der Waals surface area contributed by atoms with E-state index >= 15 is 0 Å². The number of hydrogen-bond donors (Lipinski definition) is 1. The van der Waals surface area contributed by atoms with Crippen LogP contribution in [0.25, 0.3) is 0 Å². The van der Waals surface area contributed by atoms with Gasteiger partial charge in [-0.15, -0.1) is 13.2 Å². The maximum atomic E-state index is 12.8. The molecule has 0 bridgehead atoms. The number of nitrogens with two attached hydrogens (primary N) is 1. The van der Waals surface area contributed by atoms with Gasteiger partial charge in [-0.2, -0.15) is 0 Å². The molecule has 0 unspecified atom stereocenters. The zero-order chi connectivity index (χ0) is 24.0. The van der Waals surface area contributed by atoms with E-state index in [-0.39, 0.29) is 24.3 Å². The molecule has 0 aromatic heterocycles. The van der Waals surface area contributed by atoms with Crippen LogP contribution >= 0.6 is 0 Å². The number of amides is 2. The van der Waals surface area contributed by atoms with Crippen LogP contribution in [0.1, 0.15) is 28.8 Å². The molecule has 3 rings (SSSR count). The van der Waals surface area contributed by atoms with E-state index < -0.39 is 12.3 Å². The van der Waals surface area contributed by atoms with Crippen molar-refractivity contribution in [1.29, 1.82) is 0 Å². The lowest BCUT2D eigenvalue weighted by Crippen LogP contribution is -2.41. The second-order valence-electron chi connectivity index (χ2n) is 7.97. The van der Waals surface area contributed by atoms with Gasteiger partial charge in [0.05, 0.1) is 6.54 Å². The third kappa shape index (κ3) is 7.67. The summed E-state index contributed by atoms with van der Waals surface area (Å²) in [6, 6.07) is 12.6. The molecule has 1 fully saturated rings. The molecule has 0 aliphatic carbocycles. The molecule has 33 heavy (non-hydrogen) atoms. The van der Waals surface area contributed by atoms with Crippen LogP contribution < -0.4 is 15.2 Å². The van der Waals surface area contributed by atoms with Gasteiger partial charge in [-0.3, -0.25) is 14.5 Å². The van der Waals surface area contributed by atoms with Crippen molar-refractivity contribution in [1.82, 2.24) is 9.80 Å². The van der Waals surface area contributed by atoms with Crippen molar-refractivity contribution in [3.8, 4) is 11.5 Å². The van der Waals surface area contributed by atoms with E-state index in [0.29, 0.717) is 43.8 Å². The first-order valence-corrected chi connectivity index (χ1v) is 10.5. The third-order valence-corrected chi connectivity index (χ3v) is 5.15. The molecule has 0 saturated carbocycles. The third-order valence-electron chi connectivity index (χ3n) is 5.15. The fourth-order valence-electron chi connectivity index (χ4n) is 3.68. The number of carbonyl (C=O) groups is 2. The van der Waals surface area contributed by atoms with Crippen LogP contribution in [-0.4, -0.2) is 60.8 Å². The van der Waals surface area contributed by atoms with Crippen molar-refractivity contribution < 1.29 is 32.2 Å². The van der Waals surface area contributed by atoms with Crippen molar-refractivity contribution in [2.75, 3.05) is 26.7 Å². The Kier molecular flexibility index (Phi) is 7.80. The van der Waals surface area contributed by atoms with E-state index in [1.54, 1.807) is 35.0 Å². The number of ether oxygens (including phenoxy) is 2. The number of primary amides is 1. The summed E-state index contributed by atoms with van der Waals surface area (Å²) in [4.78, 5) is 27.3. The number of likely N-dealkylation sites (tertiary alicyclic amines) is 1. The number of carbonyl (C=O) groups excluding carboxylic acids is 2. The summed E-state index contributed by atoms with van der Waals surface area (Å²) < 4.78 is 46.9. The van der Waals surface area contributed by atoms with Gasteiger partial charge in [-0.05, 0) is 36.9 Å². The average Bonchev–Trinajstić information content (AvgIpc) is 2.73. The van der Waals surface area contributed by atoms with Crippen LogP contribution in [0.15, 0.2) is 48.5 Å². The SMILES string of the molecule is CN(CC(N)=O)Cc1ccc(C(=O)N2CCC(Oc3cccc(OC(F)(F)F)c3)CC2)cc1. The van der Waals surface area contributed by atoms with Crippen LogP contribution in [0.4, 0.5) is 13.2 Å². The molecule has 0 spiro atoms. The first kappa shape index (κ1) is 24.4. The molecule has 10 heteroatoms. The maximum Gasteiger partial charge on any atom is 0.573 e. The summed E-state index contributed by atoms with van der Waals surface area (Å²) in [7, 11) is 1.79. The Bertz CT molecular complexity index is 958. The molecule has 2 aromatic carbocycles. The first-order valence-electron chi connectivity index (χ1n) is 10.5. The second-order valence-corrected chi connectivity index (χ2v) is 7.97. The summed E-state index contributed by atoms with van der Waals surface area (Å²) in [5.41, 5.74) is 6.71. The van der Waals surface area contributed by atoms with Gasteiger partial charge in [-0.1, -0.05) is 18.2 Å². The monoisotopic (exact) mass is 465 g/mol. The number of hydrogen-bond acceptors (Lipinski definition) is 5. The van der Waals surface area contributed by atoms with Crippen LogP contribution in [0.2, 0.25) is 0 Å². The van der Waals surface area contributed by atoms with Crippen molar-refractivity contribution in [3.63, 3.8) is 0 Å². The Hall–Kier alpha value is -3.27. The van der Waals surface area contributed by atoms with Crippen LogP contribution in [0.5, 0.6) is 11.5 Å². The minimum Gasteiger partial charge on any atom is -0.490 e. The molecule has 1 aliphatic rings. The molecule has 7 nitrogen and oxygen atoms in total. The van der Waals surface area contributed by atoms with E-state index in [1.807, 2.05) is 12.1 Å². The minimum absolute atomic E-state index is 0.0916. The van der Waals surface area contributed by atoms with E-state index in [4.69, 9.17) is 10.5 Å². The number of rotatable bonds is 8. The Labute approximate surface area is 189 Å². The number of nitrogens with zero attached hydrogens (tertiary/aromatic N) is 2. The van der Waals surface area contributed by atoms with Crippen LogP contribution in [0.3, 0.4) is 0 Å². The first-order chi connectivity index (χ1) is 15.6. The van der Waals surface area contributed by atoms with Crippen LogP contribution in [0, 0.1) is 0 Å². The van der Waals surface area contributed by atoms with Gasteiger partial charge in [0.1, 0.15) is 17.6 Å². The standard InChI is InChI=1S/C23H26F3N3O4/c1-28(15-21(27)30)14-16-5-7-17(8-6-16)22(31)29-11-9-18(10-12-29)32-19-3-2-4-20(13-19)33-23(24,25)26/h2-8,13,18H,9-12,14-15H2,1H3,(H2,27,30). The molecule has 2 aromatic rings. The number of halogens is 3. The van der Waals surface area contributed by atoms with E-state index in [2.05, 4.69) is 4.74 Å². The normalized spacial score (nSPS) is 14.9. The van der Waals surface area contributed by atoms with Gasteiger partial charge in [0.25, 0.3) is 5.91 Å². The smallest absolute Gasteiger partial charge is 0.490 e. The topological polar surface area (TPSA) is 85.1 Å². The molecular formula is C23H26F3N3O4. The highest BCUT2D eigenvalue weighted by atomic mass is 19.4. The fourth-order valence-corrected chi connectivity index (χ4v) is 3.68. The lowest BCUT2D eigenvalue weighted by molar-refractivity contribution is -0.274. The van der Waals surface area contributed by atoms with Gasteiger partial charge in [0.15, 0.2) is 0 Å². The van der Waals surface area contributed by atoms with E-state index in [0.717, 1.165) is 5.56 Å². The summed E-state index contributed by atoms with van der Waals surface area (Å²) >= 11 is 0. The quantitative estimate of drug-likeness (QED) is 0.647. The predicted molar refractivity (Wildman–Crippen MR) is 115 cm³/mol.